The minimum Gasteiger partial charge on any atom is -0.336 e. The highest BCUT2D eigenvalue weighted by atomic mass is 16.2. The van der Waals surface area contributed by atoms with Gasteiger partial charge in [0.1, 0.15) is 0 Å². The second-order valence-corrected chi connectivity index (χ2v) is 7.70. The standard InChI is InChI=1S/C27H25N5O2/c28-25(21-6-8-22(9-7-21)26(33)31-24-14-16-29-17-15-24)18-30-27(34)32-23-12-10-20(11-13-23)19-4-2-1-3-5-19/h1-17,25H,18,28H2,(H,29,31,33)(H2,30,32,34). The number of aromatic nitrogens is 1. The van der Waals surface area contributed by atoms with Gasteiger partial charge in [-0.15, -0.1) is 0 Å². The highest BCUT2D eigenvalue weighted by Crippen LogP contribution is 2.21. The molecule has 4 rings (SSSR count). The number of hydrogen-bond acceptors (Lipinski definition) is 4. The zero-order valence-corrected chi connectivity index (χ0v) is 18.4. The van der Waals surface area contributed by atoms with E-state index in [0.29, 0.717) is 16.9 Å². The van der Waals surface area contributed by atoms with E-state index in [9.17, 15) is 9.59 Å². The van der Waals surface area contributed by atoms with Crippen LogP contribution in [-0.2, 0) is 0 Å². The molecule has 1 unspecified atom stereocenters. The molecule has 34 heavy (non-hydrogen) atoms. The number of carbonyl (C=O) groups excluding carboxylic acids is 2. The highest BCUT2D eigenvalue weighted by molar-refractivity contribution is 6.04. The van der Waals surface area contributed by atoms with E-state index in [1.165, 1.54) is 0 Å². The quantitative estimate of drug-likeness (QED) is 0.323. The van der Waals surface area contributed by atoms with E-state index in [4.69, 9.17) is 5.73 Å². The number of rotatable bonds is 7. The molecule has 0 saturated carbocycles. The summed E-state index contributed by atoms with van der Waals surface area (Å²) in [5.74, 6) is -0.220. The summed E-state index contributed by atoms with van der Waals surface area (Å²) in [6.45, 7) is 0.247. The third-order valence-electron chi connectivity index (χ3n) is 5.27. The molecule has 0 saturated heterocycles. The van der Waals surface area contributed by atoms with Gasteiger partial charge in [0.25, 0.3) is 5.91 Å². The lowest BCUT2D eigenvalue weighted by Crippen LogP contribution is -2.35. The molecule has 0 aliphatic heterocycles. The number of benzene rings is 3. The number of amides is 3. The summed E-state index contributed by atoms with van der Waals surface area (Å²) in [6, 6.07) is 27.3. The molecule has 0 bridgehead atoms. The van der Waals surface area contributed by atoms with Crippen LogP contribution in [0, 0.1) is 0 Å². The summed E-state index contributed by atoms with van der Waals surface area (Å²) >= 11 is 0. The minimum absolute atomic E-state index is 0.220. The van der Waals surface area contributed by atoms with Gasteiger partial charge in [-0.3, -0.25) is 9.78 Å². The van der Waals surface area contributed by atoms with Gasteiger partial charge in [0, 0.05) is 41.9 Å². The lowest BCUT2D eigenvalue weighted by Gasteiger charge is -2.14. The van der Waals surface area contributed by atoms with Crippen LogP contribution in [0.4, 0.5) is 16.2 Å². The van der Waals surface area contributed by atoms with Gasteiger partial charge in [0.05, 0.1) is 0 Å². The fourth-order valence-corrected chi connectivity index (χ4v) is 3.39. The number of nitrogens with two attached hydrogens (primary N) is 1. The van der Waals surface area contributed by atoms with Crippen molar-refractivity contribution in [3.63, 3.8) is 0 Å². The smallest absolute Gasteiger partial charge is 0.319 e. The Morgan fingerprint density at radius 1 is 0.735 bits per heavy atom. The van der Waals surface area contributed by atoms with E-state index in [0.717, 1.165) is 16.7 Å². The molecular formula is C27H25N5O2. The van der Waals surface area contributed by atoms with Crippen molar-refractivity contribution in [2.45, 2.75) is 6.04 Å². The normalized spacial score (nSPS) is 11.3. The first-order valence-corrected chi connectivity index (χ1v) is 10.9. The Bertz CT molecular complexity index is 1230. The Kier molecular flexibility index (Phi) is 7.27. The molecule has 170 valence electrons. The lowest BCUT2D eigenvalue weighted by molar-refractivity contribution is 0.102. The van der Waals surface area contributed by atoms with Crippen molar-refractivity contribution in [2.24, 2.45) is 5.73 Å². The molecule has 7 heteroatoms. The maximum absolute atomic E-state index is 12.4. The summed E-state index contributed by atoms with van der Waals surface area (Å²) in [5, 5.41) is 8.40. The van der Waals surface area contributed by atoms with Crippen LogP contribution in [0.2, 0.25) is 0 Å². The molecule has 1 heterocycles. The van der Waals surface area contributed by atoms with Gasteiger partial charge < -0.3 is 21.7 Å². The van der Waals surface area contributed by atoms with Gasteiger partial charge in [0.2, 0.25) is 0 Å². The number of anilines is 2. The topological polar surface area (TPSA) is 109 Å². The van der Waals surface area contributed by atoms with Crippen LogP contribution < -0.4 is 21.7 Å². The van der Waals surface area contributed by atoms with Gasteiger partial charge in [-0.2, -0.15) is 0 Å². The number of nitrogens with zero attached hydrogens (tertiary/aromatic N) is 1. The van der Waals surface area contributed by atoms with E-state index < -0.39 is 6.04 Å². The van der Waals surface area contributed by atoms with Gasteiger partial charge in [-0.1, -0.05) is 54.6 Å². The monoisotopic (exact) mass is 451 g/mol. The van der Waals surface area contributed by atoms with E-state index in [2.05, 4.69) is 20.9 Å². The van der Waals surface area contributed by atoms with E-state index in [-0.39, 0.29) is 18.5 Å². The second-order valence-electron chi connectivity index (χ2n) is 7.70. The van der Waals surface area contributed by atoms with Crippen LogP contribution in [-0.4, -0.2) is 23.5 Å². The molecule has 3 amide bonds. The number of carbonyl (C=O) groups is 2. The molecule has 0 aliphatic carbocycles. The van der Waals surface area contributed by atoms with Crippen LogP contribution >= 0.6 is 0 Å². The van der Waals surface area contributed by atoms with Gasteiger partial charge in [-0.25, -0.2) is 4.79 Å². The number of hydrogen-bond donors (Lipinski definition) is 4. The lowest BCUT2D eigenvalue weighted by atomic mass is 10.0. The average molecular weight is 452 g/mol. The molecule has 0 fully saturated rings. The zero-order chi connectivity index (χ0) is 23.8. The summed E-state index contributed by atoms with van der Waals surface area (Å²) in [6.07, 6.45) is 3.22. The molecule has 5 N–H and O–H groups in total. The van der Waals surface area contributed by atoms with Crippen LogP contribution in [0.1, 0.15) is 22.0 Å². The maximum atomic E-state index is 12.4. The van der Waals surface area contributed by atoms with Crippen molar-refractivity contribution in [2.75, 3.05) is 17.2 Å². The Hall–Kier alpha value is -4.49. The highest BCUT2D eigenvalue weighted by Gasteiger charge is 2.11. The number of nitrogens with one attached hydrogen (secondary N) is 3. The molecular weight excluding hydrogens is 426 g/mol. The fourth-order valence-electron chi connectivity index (χ4n) is 3.39. The largest absolute Gasteiger partial charge is 0.336 e. The molecule has 1 atom stereocenters. The molecule has 0 aliphatic rings. The first kappa shape index (κ1) is 22.7. The van der Waals surface area contributed by atoms with Crippen LogP contribution in [0.15, 0.2) is 103 Å². The second kappa shape index (κ2) is 10.9. The van der Waals surface area contributed by atoms with E-state index in [1.54, 1.807) is 48.8 Å². The van der Waals surface area contributed by atoms with Crippen LogP contribution in [0.5, 0.6) is 0 Å². The maximum Gasteiger partial charge on any atom is 0.319 e. The predicted molar refractivity (Wildman–Crippen MR) is 134 cm³/mol. The average Bonchev–Trinajstić information content (AvgIpc) is 2.89. The Morgan fingerprint density at radius 2 is 1.35 bits per heavy atom. The Balaban J connectivity index is 1.26. The van der Waals surface area contributed by atoms with Crippen LogP contribution in [0.25, 0.3) is 11.1 Å². The first-order chi connectivity index (χ1) is 16.6. The van der Waals surface area contributed by atoms with Crippen LogP contribution in [0.3, 0.4) is 0 Å². The van der Waals surface area contributed by atoms with Crippen molar-refractivity contribution >= 4 is 23.3 Å². The predicted octanol–water partition coefficient (Wildman–Crippen LogP) is 4.82. The molecule has 0 spiro atoms. The van der Waals surface area contributed by atoms with Gasteiger partial charge in [0.15, 0.2) is 0 Å². The van der Waals surface area contributed by atoms with Crippen molar-refractivity contribution in [3.05, 3.63) is 115 Å². The van der Waals surface area contributed by atoms with Crippen molar-refractivity contribution in [1.82, 2.24) is 10.3 Å². The summed E-state index contributed by atoms with van der Waals surface area (Å²) in [4.78, 5) is 28.6. The molecule has 3 aromatic carbocycles. The Labute approximate surface area is 198 Å². The zero-order valence-electron chi connectivity index (χ0n) is 18.4. The van der Waals surface area contributed by atoms with Gasteiger partial charge >= 0.3 is 6.03 Å². The summed E-state index contributed by atoms with van der Waals surface area (Å²) in [5.41, 5.74) is 11.1. The number of pyridine rings is 1. The summed E-state index contributed by atoms with van der Waals surface area (Å²) in [7, 11) is 0. The third-order valence-corrected chi connectivity index (χ3v) is 5.27. The minimum atomic E-state index is -0.413. The number of urea groups is 1. The summed E-state index contributed by atoms with van der Waals surface area (Å²) < 4.78 is 0. The first-order valence-electron chi connectivity index (χ1n) is 10.9. The van der Waals surface area contributed by atoms with Crippen molar-refractivity contribution in [3.8, 4) is 11.1 Å². The fraction of sp³-hybridized carbons (Fsp3) is 0.0741. The Morgan fingerprint density at radius 3 is 2.03 bits per heavy atom. The SMILES string of the molecule is NC(CNC(=O)Nc1ccc(-c2ccccc2)cc1)c1ccc(C(=O)Nc2ccncc2)cc1. The van der Waals surface area contributed by atoms with Crippen molar-refractivity contribution in [1.29, 1.82) is 0 Å². The molecule has 1 aromatic heterocycles. The van der Waals surface area contributed by atoms with Crippen molar-refractivity contribution < 1.29 is 9.59 Å². The molecule has 0 radical (unpaired) electrons. The third kappa shape index (κ3) is 6.05. The van der Waals surface area contributed by atoms with Gasteiger partial charge in [-0.05, 0) is 53.1 Å². The molecule has 7 nitrogen and oxygen atoms in total. The van der Waals surface area contributed by atoms with E-state index >= 15 is 0 Å². The van der Waals surface area contributed by atoms with E-state index in [1.807, 2.05) is 54.6 Å². The molecule has 4 aromatic rings.